The zero-order valence-electron chi connectivity index (χ0n) is 16.4. The van der Waals surface area contributed by atoms with Gasteiger partial charge in [-0.1, -0.05) is 37.5 Å². The van der Waals surface area contributed by atoms with Gasteiger partial charge in [-0.25, -0.2) is 4.39 Å². The molecule has 0 fully saturated rings. The average molecular weight is 391 g/mol. The Balaban J connectivity index is 2.67. The maximum Gasteiger partial charge on any atom is 0.243 e. The van der Waals surface area contributed by atoms with Crippen molar-refractivity contribution in [1.29, 1.82) is 0 Å². The van der Waals surface area contributed by atoms with Crippen LogP contribution in [-0.2, 0) is 20.8 Å². The fraction of sp³-hybridized carbons (Fsp3) is 0.476. The molecule has 0 aromatic heterocycles. The molecule has 2 atom stereocenters. The molecule has 0 radical (unpaired) electrons. The minimum atomic E-state index is -0.922. The van der Waals surface area contributed by atoms with Gasteiger partial charge < -0.3 is 16.4 Å². The molecule has 0 aliphatic carbocycles. The Labute approximate surface area is 165 Å². The van der Waals surface area contributed by atoms with Crippen LogP contribution in [0.2, 0.25) is 0 Å². The van der Waals surface area contributed by atoms with Gasteiger partial charge in [0.1, 0.15) is 17.9 Å². The lowest BCUT2D eigenvalue weighted by Crippen LogP contribution is -2.53. The largest absolute Gasteiger partial charge is 0.368 e. The number of carbonyl (C=O) groups is 3. The van der Waals surface area contributed by atoms with E-state index in [1.165, 1.54) is 25.1 Å². The van der Waals surface area contributed by atoms with Crippen molar-refractivity contribution in [3.05, 3.63) is 48.3 Å². The summed E-state index contributed by atoms with van der Waals surface area (Å²) >= 11 is 0. The summed E-state index contributed by atoms with van der Waals surface area (Å²) in [6.07, 6.45) is 7.08. The van der Waals surface area contributed by atoms with E-state index in [9.17, 15) is 18.8 Å². The first-order valence-electron chi connectivity index (χ1n) is 9.55. The number of halogens is 1. The van der Waals surface area contributed by atoms with Gasteiger partial charge in [-0.3, -0.25) is 14.4 Å². The molecule has 0 heterocycles. The minimum Gasteiger partial charge on any atom is -0.368 e. The summed E-state index contributed by atoms with van der Waals surface area (Å²) in [4.78, 5) is 35.8. The summed E-state index contributed by atoms with van der Waals surface area (Å²) in [5.74, 6) is -1.96. The molecule has 4 N–H and O–H groups in total. The lowest BCUT2D eigenvalue weighted by molar-refractivity contribution is -0.130. The zero-order valence-corrected chi connectivity index (χ0v) is 16.4. The van der Waals surface area contributed by atoms with E-state index in [-0.39, 0.29) is 6.42 Å². The minimum absolute atomic E-state index is 0.107. The van der Waals surface area contributed by atoms with Gasteiger partial charge in [-0.05, 0) is 37.0 Å². The average Bonchev–Trinajstić information content (AvgIpc) is 2.62. The van der Waals surface area contributed by atoms with Gasteiger partial charge in [0.25, 0.3) is 0 Å². The fourth-order valence-corrected chi connectivity index (χ4v) is 2.90. The van der Waals surface area contributed by atoms with E-state index in [2.05, 4.69) is 17.2 Å². The summed E-state index contributed by atoms with van der Waals surface area (Å²) in [5.41, 5.74) is 5.98. The van der Waals surface area contributed by atoms with Gasteiger partial charge in [-0.15, -0.1) is 6.58 Å². The maximum atomic E-state index is 13.4. The van der Waals surface area contributed by atoms with Crippen LogP contribution in [0.15, 0.2) is 36.9 Å². The Morgan fingerprint density at radius 1 is 1.14 bits per heavy atom. The number of amides is 3. The van der Waals surface area contributed by atoms with Crippen molar-refractivity contribution < 1.29 is 18.8 Å². The number of carbonyl (C=O) groups excluding carboxylic acids is 3. The standard InChI is InChI=1S/C21H30FN3O3/c1-3-4-5-6-7-8-12-18(20(23)27)25-21(28)19(24-15(2)26)14-16-10-9-11-17(22)13-16/h3,9-11,13,18-19H,1,4-8,12,14H2,2H3,(H2,23,27)(H,24,26)(H,25,28)/t18-,19-/m0/s1. The highest BCUT2D eigenvalue weighted by atomic mass is 19.1. The quantitative estimate of drug-likeness (QED) is 0.355. The molecule has 7 heteroatoms. The van der Waals surface area contributed by atoms with Crippen molar-refractivity contribution >= 4 is 17.7 Å². The number of hydrogen-bond donors (Lipinski definition) is 3. The van der Waals surface area contributed by atoms with Crippen LogP contribution in [0.1, 0.15) is 51.0 Å². The van der Waals surface area contributed by atoms with Crippen LogP contribution < -0.4 is 16.4 Å². The molecule has 1 aromatic carbocycles. The van der Waals surface area contributed by atoms with Crippen molar-refractivity contribution in [1.82, 2.24) is 10.6 Å². The van der Waals surface area contributed by atoms with Crippen molar-refractivity contribution in [2.45, 2.75) is 64.0 Å². The highest BCUT2D eigenvalue weighted by Crippen LogP contribution is 2.10. The monoisotopic (exact) mass is 391 g/mol. The van der Waals surface area contributed by atoms with Gasteiger partial charge in [0.2, 0.25) is 17.7 Å². The molecule has 1 aromatic rings. The summed E-state index contributed by atoms with van der Waals surface area (Å²) in [7, 11) is 0. The molecule has 0 unspecified atom stereocenters. The van der Waals surface area contributed by atoms with Crippen molar-refractivity contribution in [2.24, 2.45) is 5.73 Å². The van der Waals surface area contributed by atoms with Gasteiger partial charge in [0.05, 0.1) is 0 Å². The van der Waals surface area contributed by atoms with Crippen LogP contribution >= 0.6 is 0 Å². The lowest BCUT2D eigenvalue weighted by atomic mass is 10.0. The third-order valence-electron chi connectivity index (χ3n) is 4.33. The SMILES string of the molecule is C=CCCCCCC[C@H](NC(=O)[C@H](Cc1cccc(F)c1)NC(C)=O)C(N)=O. The molecule has 0 spiro atoms. The lowest BCUT2D eigenvalue weighted by Gasteiger charge is -2.21. The number of primary amides is 1. The molecule has 154 valence electrons. The summed E-state index contributed by atoms with van der Waals surface area (Å²) in [5, 5.41) is 5.17. The van der Waals surface area contributed by atoms with E-state index < -0.39 is 35.6 Å². The first-order valence-corrected chi connectivity index (χ1v) is 9.55. The van der Waals surface area contributed by atoms with E-state index in [1.807, 2.05) is 6.08 Å². The molecule has 0 bridgehead atoms. The predicted octanol–water partition coefficient (Wildman–Crippen LogP) is 2.37. The van der Waals surface area contributed by atoms with Gasteiger partial charge in [0.15, 0.2) is 0 Å². The second kappa shape index (κ2) is 12.6. The van der Waals surface area contributed by atoms with Crippen LogP contribution in [0.25, 0.3) is 0 Å². The second-order valence-electron chi connectivity index (χ2n) is 6.83. The number of unbranched alkanes of at least 4 members (excludes halogenated alkanes) is 4. The highest BCUT2D eigenvalue weighted by Gasteiger charge is 2.25. The third kappa shape index (κ3) is 9.30. The Hall–Kier alpha value is -2.70. The Kier molecular flexibility index (Phi) is 10.5. The number of rotatable bonds is 13. The number of nitrogens with two attached hydrogens (primary N) is 1. The molecule has 0 saturated carbocycles. The smallest absolute Gasteiger partial charge is 0.243 e. The fourth-order valence-electron chi connectivity index (χ4n) is 2.90. The molecule has 0 aliphatic rings. The van der Waals surface area contributed by atoms with Crippen LogP contribution in [0.3, 0.4) is 0 Å². The Morgan fingerprint density at radius 2 is 1.86 bits per heavy atom. The number of hydrogen-bond acceptors (Lipinski definition) is 3. The molecule has 28 heavy (non-hydrogen) atoms. The maximum absolute atomic E-state index is 13.4. The number of nitrogens with one attached hydrogen (secondary N) is 2. The van der Waals surface area contributed by atoms with Gasteiger partial charge >= 0.3 is 0 Å². The molecule has 0 aliphatic heterocycles. The van der Waals surface area contributed by atoms with Crippen LogP contribution in [-0.4, -0.2) is 29.8 Å². The van der Waals surface area contributed by atoms with Crippen molar-refractivity contribution in [3.63, 3.8) is 0 Å². The van der Waals surface area contributed by atoms with E-state index in [0.717, 1.165) is 32.1 Å². The molecular weight excluding hydrogens is 361 g/mol. The molecule has 1 rings (SSSR count). The molecule has 6 nitrogen and oxygen atoms in total. The van der Waals surface area contributed by atoms with E-state index in [0.29, 0.717) is 12.0 Å². The van der Waals surface area contributed by atoms with Crippen LogP contribution in [0.4, 0.5) is 4.39 Å². The topological polar surface area (TPSA) is 101 Å². The first kappa shape index (κ1) is 23.3. The summed E-state index contributed by atoms with van der Waals surface area (Å²) in [6, 6.07) is 4.07. The van der Waals surface area contributed by atoms with E-state index >= 15 is 0 Å². The molecule has 3 amide bonds. The van der Waals surface area contributed by atoms with Crippen molar-refractivity contribution in [2.75, 3.05) is 0 Å². The Morgan fingerprint density at radius 3 is 2.46 bits per heavy atom. The summed E-state index contributed by atoms with van der Waals surface area (Å²) < 4.78 is 13.4. The molecular formula is C21H30FN3O3. The number of allylic oxidation sites excluding steroid dienone is 1. The van der Waals surface area contributed by atoms with Crippen LogP contribution in [0, 0.1) is 5.82 Å². The molecule has 0 saturated heterocycles. The first-order chi connectivity index (χ1) is 13.3. The van der Waals surface area contributed by atoms with Crippen molar-refractivity contribution in [3.8, 4) is 0 Å². The van der Waals surface area contributed by atoms with E-state index in [1.54, 1.807) is 6.07 Å². The number of benzene rings is 1. The Bertz CT molecular complexity index is 679. The predicted molar refractivity (Wildman–Crippen MR) is 107 cm³/mol. The van der Waals surface area contributed by atoms with E-state index in [4.69, 9.17) is 5.73 Å². The van der Waals surface area contributed by atoms with Crippen LogP contribution in [0.5, 0.6) is 0 Å². The summed E-state index contributed by atoms with van der Waals surface area (Å²) in [6.45, 7) is 4.97. The second-order valence-corrected chi connectivity index (χ2v) is 6.83. The highest BCUT2D eigenvalue weighted by molar-refractivity contribution is 5.91. The third-order valence-corrected chi connectivity index (χ3v) is 4.33. The normalized spacial score (nSPS) is 12.6. The zero-order chi connectivity index (χ0) is 20.9. The van der Waals surface area contributed by atoms with Gasteiger partial charge in [-0.2, -0.15) is 0 Å². The van der Waals surface area contributed by atoms with Gasteiger partial charge in [0, 0.05) is 13.3 Å².